The van der Waals surface area contributed by atoms with E-state index in [0.29, 0.717) is 5.92 Å². The van der Waals surface area contributed by atoms with Gasteiger partial charge < -0.3 is 0 Å². The van der Waals surface area contributed by atoms with E-state index in [4.69, 9.17) is 0 Å². The number of rotatable bonds is 3. The summed E-state index contributed by atoms with van der Waals surface area (Å²) in [6.07, 6.45) is 13.3. The normalized spacial score (nSPS) is 17.1. The van der Waals surface area contributed by atoms with Crippen LogP contribution in [-0.2, 0) is 6.54 Å². The number of allylic oxidation sites excluding steroid dienone is 1. The molecule has 0 atom stereocenters. The second-order valence-electron chi connectivity index (χ2n) is 5.26. The topological polar surface area (TPSA) is 8.29 Å². The Morgan fingerprint density at radius 1 is 1.28 bits per heavy atom. The van der Waals surface area contributed by atoms with Gasteiger partial charge in [-0.15, -0.1) is 0 Å². The molecule has 2 heterocycles. The Morgan fingerprint density at radius 2 is 2.11 bits per heavy atom. The first-order chi connectivity index (χ1) is 8.90. The molecule has 0 radical (unpaired) electrons. The SMILES string of the molecule is C=CC[n+]1cc2ccccn2c1C1CCCCC1. The number of nitrogens with zero attached hydrogens (tertiary/aromatic N) is 2. The summed E-state index contributed by atoms with van der Waals surface area (Å²) < 4.78 is 4.73. The van der Waals surface area contributed by atoms with Crippen molar-refractivity contribution in [1.82, 2.24) is 4.40 Å². The molecule has 2 aromatic heterocycles. The van der Waals surface area contributed by atoms with Crippen molar-refractivity contribution < 1.29 is 4.57 Å². The number of hydrogen-bond donors (Lipinski definition) is 0. The van der Waals surface area contributed by atoms with Crippen molar-refractivity contribution in [1.29, 1.82) is 0 Å². The van der Waals surface area contributed by atoms with E-state index < -0.39 is 0 Å². The maximum atomic E-state index is 3.88. The van der Waals surface area contributed by atoms with Crippen LogP contribution >= 0.6 is 0 Å². The molecule has 94 valence electrons. The van der Waals surface area contributed by atoms with Gasteiger partial charge in [0.25, 0.3) is 5.82 Å². The summed E-state index contributed by atoms with van der Waals surface area (Å²) in [5.74, 6) is 2.17. The van der Waals surface area contributed by atoms with Crippen molar-refractivity contribution in [2.75, 3.05) is 0 Å². The van der Waals surface area contributed by atoms with Gasteiger partial charge in [0.05, 0.1) is 12.1 Å². The lowest BCUT2D eigenvalue weighted by molar-refractivity contribution is -0.694. The average molecular weight is 241 g/mol. The largest absolute Gasteiger partial charge is 0.265 e. The van der Waals surface area contributed by atoms with Crippen LogP contribution in [0.2, 0.25) is 0 Å². The molecule has 0 saturated heterocycles. The third kappa shape index (κ3) is 1.96. The smallest absolute Gasteiger partial charge is 0.229 e. The molecule has 2 nitrogen and oxygen atoms in total. The minimum Gasteiger partial charge on any atom is -0.229 e. The molecule has 2 heteroatoms. The van der Waals surface area contributed by atoms with Gasteiger partial charge in [-0.05, 0) is 25.0 Å². The van der Waals surface area contributed by atoms with Crippen LogP contribution in [0, 0.1) is 0 Å². The standard InChI is InChI=1S/C16H21N2/c1-2-11-17-13-15-10-6-7-12-18(15)16(17)14-8-4-3-5-9-14/h2,6-7,10,12-14H,1,3-5,8-9,11H2/q+1. The van der Waals surface area contributed by atoms with Gasteiger partial charge in [-0.3, -0.25) is 0 Å². The summed E-state index contributed by atoms with van der Waals surface area (Å²) in [4.78, 5) is 0. The molecule has 0 spiro atoms. The van der Waals surface area contributed by atoms with E-state index in [9.17, 15) is 0 Å². The highest BCUT2D eigenvalue weighted by atomic mass is 15.1. The first kappa shape index (κ1) is 11.5. The lowest BCUT2D eigenvalue weighted by Crippen LogP contribution is -2.37. The quantitative estimate of drug-likeness (QED) is 0.574. The molecule has 0 bridgehead atoms. The predicted octanol–water partition coefficient (Wildman–Crippen LogP) is 3.46. The lowest BCUT2D eigenvalue weighted by Gasteiger charge is -2.18. The zero-order valence-corrected chi connectivity index (χ0v) is 10.9. The van der Waals surface area contributed by atoms with Gasteiger partial charge in [0.1, 0.15) is 12.7 Å². The highest BCUT2D eigenvalue weighted by Crippen LogP contribution is 2.31. The van der Waals surface area contributed by atoms with Gasteiger partial charge in [0.15, 0.2) is 5.52 Å². The van der Waals surface area contributed by atoms with Gasteiger partial charge in [0, 0.05) is 0 Å². The van der Waals surface area contributed by atoms with Gasteiger partial charge >= 0.3 is 0 Å². The van der Waals surface area contributed by atoms with Crippen LogP contribution < -0.4 is 4.57 Å². The Kier molecular flexibility index (Phi) is 3.18. The Labute approximate surface area is 109 Å². The highest BCUT2D eigenvalue weighted by Gasteiger charge is 2.27. The number of fused-ring (bicyclic) bond motifs is 1. The average Bonchev–Trinajstić information content (AvgIpc) is 2.78. The van der Waals surface area contributed by atoms with Gasteiger partial charge in [-0.1, -0.05) is 38.0 Å². The lowest BCUT2D eigenvalue weighted by atomic mass is 9.88. The van der Waals surface area contributed by atoms with E-state index in [1.807, 2.05) is 6.08 Å². The second-order valence-corrected chi connectivity index (χ2v) is 5.26. The van der Waals surface area contributed by atoms with Crippen LogP contribution in [0.3, 0.4) is 0 Å². The molecule has 0 unspecified atom stereocenters. The Hall–Kier alpha value is -1.57. The van der Waals surface area contributed by atoms with Gasteiger partial charge in [-0.2, -0.15) is 4.40 Å². The van der Waals surface area contributed by atoms with E-state index >= 15 is 0 Å². The Bertz CT molecular complexity index is 547. The maximum absolute atomic E-state index is 3.88. The molecule has 0 aliphatic heterocycles. The van der Waals surface area contributed by atoms with Crippen LogP contribution in [0.4, 0.5) is 0 Å². The van der Waals surface area contributed by atoms with Crippen molar-refractivity contribution in [2.24, 2.45) is 0 Å². The molecule has 1 aliphatic rings. The molecule has 0 aromatic carbocycles. The van der Waals surface area contributed by atoms with E-state index in [1.54, 1.807) is 0 Å². The van der Waals surface area contributed by atoms with E-state index in [-0.39, 0.29) is 0 Å². The number of imidazole rings is 1. The Balaban J connectivity index is 2.10. The minimum atomic E-state index is 0.712. The van der Waals surface area contributed by atoms with Crippen molar-refractivity contribution in [3.63, 3.8) is 0 Å². The fraction of sp³-hybridized carbons (Fsp3) is 0.438. The summed E-state index contributed by atoms with van der Waals surface area (Å²) in [6, 6.07) is 6.42. The van der Waals surface area contributed by atoms with Crippen LogP contribution in [-0.4, -0.2) is 4.40 Å². The maximum Gasteiger partial charge on any atom is 0.265 e. The number of aromatic nitrogens is 2. The van der Waals surface area contributed by atoms with Gasteiger partial charge in [0.2, 0.25) is 0 Å². The summed E-state index contributed by atoms with van der Waals surface area (Å²) in [5, 5.41) is 0. The van der Waals surface area contributed by atoms with Crippen LogP contribution in [0.1, 0.15) is 43.8 Å². The summed E-state index contributed by atoms with van der Waals surface area (Å²) >= 11 is 0. The fourth-order valence-corrected chi connectivity index (χ4v) is 3.21. The summed E-state index contributed by atoms with van der Waals surface area (Å²) in [6.45, 7) is 4.79. The molecule has 0 amide bonds. The summed E-state index contributed by atoms with van der Waals surface area (Å²) in [7, 11) is 0. The molecular formula is C16H21N2+. The predicted molar refractivity (Wildman–Crippen MR) is 73.6 cm³/mol. The van der Waals surface area contributed by atoms with E-state index in [2.05, 4.69) is 46.1 Å². The molecule has 1 saturated carbocycles. The molecule has 3 rings (SSSR count). The zero-order valence-electron chi connectivity index (χ0n) is 10.9. The zero-order chi connectivity index (χ0) is 12.4. The van der Waals surface area contributed by atoms with Crippen molar-refractivity contribution in [2.45, 2.75) is 44.6 Å². The van der Waals surface area contributed by atoms with Crippen molar-refractivity contribution in [3.8, 4) is 0 Å². The van der Waals surface area contributed by atoms with Crippen LogP contribution in [0.15, 0.2) is 43.2 Å². The molecule has 2 aromatic rings. The number of pyridine rings is 1. The van der Waals surface area contributed by atoms with Crippen LogP contribution in [0.25, 0.3) is 5.52 Å². The van der Waals surface area contributed by atoms with Gasteiger partial charge in [-0.25, -0.2) is 4.57 Å². The molecule has 1 fully saturated rings. The molecular weight excluding hydrogens is 220 g/mol. The third-order valence-electron chi connectivity index (χ3n) is 4.02. The van der Waals surface area contributed by atoms with E-state index in [1.165, 1.54) is 43.4 Å². The first-order valence-electron chi connectivity index (χ1n) is 7.00. The first-order valence-corrected chi connectivity index (χ1v) is 7.00. The summed E-state index contributed by atoms with van der Waals surface area (Å²) in [5.41, 5.74) is 1.29. The second kappa shape index (κ2) is 4.97. The highest BCUT2D eigenvalue weighted by molar-refractivity contribution is 5.43. The molecule has 0 N–H and O–H groups in total. The number of hydrogen-bond acceptors (Lipinski definition) is 0. The fourth-order valence-electron chi connectivity index (χ4n) is 3.21. The van der Waals surface area contributed by atoms with Crippen LogP contribution in [0.5, 0.6) is 0 Å². The van der Waals surface area contributed by atoms with Crippen molar-refractivity contribution >= 4 is 5.52 Å². The molecule has 18 heavy (non-hydrogen) atoms. The minimum absolute atomic E-state index is 0.712. The van der Waals surface area contributed by atoms with Crippen molar-refractivity contribution in [3.05, 3.63) is 49.1 Å². The monoisotopic (exact) mass is 241 g/mol. The molecule has 1 aliphatic carbocycles. The Morgan fingerprint density at radius 3 is 2.89 bits per heavy atom. The van der Waals surface area contributed by atoms with E-state index in [0.717, 1.165) is 6.54 Å². The third-order valence-corrected chi connectivity index (χ3v) is 4.02.